The Labute approximate surface area is 236 Å². The Hall–Kier alpha value is -2.49. The number of nitrogens with one attached hydrogen (secondary N) is 1. The van der Waals surface area contributed by atoms with Crippen LogP contribution >= 0.6 is 23.2 Å². The molecule has 2 aromatic carbocycles. The Balaban J connectivity index is 2.29. The van der Waals surface area contributed by atoms with Gasteiger partial charge in [-0.25, -0.2) is 8.42 Å². The molecule has 8 nitrogen and oxygen atoms in total. The molecule has 2 aromatic rings. The van der Waals surface area contributed by atoms with Crippen molar-refractivity contribution >= 4 is 50.7 Å². The van der Waals surface area contributed by atoms with Crippen molar-refractivity contribution in [3.05, 3.63) is 58.1 Å². The lowest BCUT2D eigenvalue weighted by Gasteiger charge is -2.33. The summed E-state index contributed by atoms with van der Waals surface area (Å²) in [5.41, 5.74) is 0.522. The quantitative estimate of drug-likeness (QED) is 0.366. The van der Waals surface area contributed by atoms with Gasteiger partial charge in [0, 0.05) is 40.7 Å². The Morgan fingerprint density at radius 3 is 2.11 bits per heavy atom. The fraction of sp³-hybridized carbons (Fsp3) is 0.481. The summed E-state index contributed by atoms with van der Waals surface area (Å²) in [5.74, 6) is 0.0120. The molecule has 0 aliphatic heterocycles. The van der Waals surface area contributed by atoms with Crippen LogP contribution in [0.3, 0.4) is 0 Å². The second-order valence-electron chi connectivity index (χ2n) is 10.0. The van der Waals surface area contributed by atoms with Crippen LogP contribution in [0.1, 0.15) is 52.5 Å². The highest BCUT2D eigenvalue weighted by atomic mass is 35.5. The van der Waals surface area contributed by atoms with Crippen molar-refractivity contribution in [3.8, 4) is 5.75 Å². The van der Waals surface area contributed by atoms with Gasteiger partial charge < -0.3 is 15.0 Å². The predicted octanol–water partition coefficient (Wildman–Crippen LogP) is 5.27. The van der Waals surface area contributed by atoms with Crippen LogP contribution in [0.5, 0.6) is 5.75 Å². The monoisotopic (exact) mass is 585 g/mol. The standard InChI is InChI=1S/C27H37Cl2N3O5S/c1-7-24(26(34)30-27(2,3)4)31(18-21-22(28)10-8-11-23(21)29)25(33)12-9-17-32(38(6,35)36)19-13-15-20(37-5)16-14-19/h8,10-11,13-16,24H,7,9,12,17-18H2,1-6H3,(H,30,34)/t24-/m1/s1. The molecule has 0 spiro atoms. The number of ether oxygens (including phenoxy) is 1. The lowest BCUT2D eigenvalue weighted by molar-refractivity contribution is -0.142. The molecular weight excluding hydrogens is 549 g/mol. The molecule has 0 heterocycles. The number of rotatable bonds is 12. The summed E-state index contributed by atoms with van der Waals surface area (Å²) < 4.78 is 31.4. The molecule has 0 fully saturated rings. The van der Waals surface area contributed by atoms with Crippen molar-refractivity contribution in [2.45, 2.75) is 65.1 Å². The van der Waals surface area contributed by atoms with Crippen LogP contribution in [0.15, 0.2) is 42.5 Å². The first-order valence-electron chi connectivity index (χ1n) is 12.3. The SMILES string of the molecule is CC[C@H](C(=O)NC(C)(C)C)N(Cc1c(Cl)cccc1Cl)C(=O)CCCN(c1ccc(OC)cc1)S(C)(=O)=O. The number of benzene rings is 2. The largest absolute Gasteiger partial charge is 0.497 e. The minimum absolute atomic E-state index is 0.0174. The van der Waals surface area contributed by atoms with Crippen molar-refractivity contribution in [3.63, 3.8) is 0 Å². The highest BCUT2D eigenvalue weighted by Gasteiger charge is 2.31. The first kappa shape index (κ1) is 31.7. The van der Waals surface area contributed by atoms with E-state index in [1.54, 1.807) is 42.5 Å². The minimum Gasteiger partial charge on any atom is -0.497 e. The highest BCUT2D eigenvalue weighted by molar-refractivity contribution is 7.92. The Morgan fingerprint density at radius 1 is 1.05 bits per heavy atom. The maximum atomic E-state index is 13.6. The molecule has 0 bridgehead atoms. The molecule has 11 heteroatoms. The number of halogens is 2. The smallest absolute Gasteiger partial charge is 0.243 e. The summed E-state index contributed by atoms with van der Waals surface area (Å²) in [5, 5.41) is 3.73. The normalized spacial score (nSPS) is 12.5. The molecule has 0 aromatic heterocycles. The first-order valence-corrected chi connectivity index (χ1v) is 14.9. The Kier molecular flexibility index (Phi) is 11.3. The average Bonchev–Trinajstić information content (AvgIpc) is 2.81. The van der Waals surface area contributed by atoms with Gasteiger partial charge in [-0.15, -0.1) is 0 Å². The van der Waals surface area contributed by atoms with Gasteiger partial charge in [-0.2, -0.15) is 0 Å². The van der Waals surface area contributed by atoms with Gasteiger partial charge in [0.05, 0.1) is 19.1 Å². The van der Waals surface area contributed by atoms with Crippen LogP contribution in [0.2, 0.25) is 10.0 Å². The van der Waals surface area contributed by atoms with E-state index in [1.807, 2.05) is 27.7 Å². The summed E-state index contributed by atoms with van der Waals surface area (Å²) in [7, 11) is -2.07. The molecule has 2 rings (SSSR count). The molecule has 1 atom stereocenters. The summed E-state index contributed by atoms with van der Waals surface area (Å²) in [6.07, 6.45) is 1.75. The van der Waals surface area contributed by atoms with E-state index >= 15 is 0 Å². The van der Waals surface area contributed by atoms with Gasteiger partial charge >= 0.3 is 0 Å². The molecular formula is C27H37Cl2N3O5S. The topological polar surface area (TPSA) is 96.0 Å². The molecule has 0 unspecified atom stereocenters. The number of sulfonamides is 1. The van der Waals surface area contributed by atoms with E-state index in [0.29, 0.717) is 33.5 Å². The van der Waals surface area contributed by atoms with E-state index < -0.39 is 21.6 Å². The van der Waals surface area contributed by atoms with Gasteiger partial charge in [-0.1, -0.05) is 36.2 Å². The van der Waals surface area contributed by atoms with E-state index in [9.17, 15) is 18.0 Å². The number of amides is 2. The summed E-state index contributed by atoms with van der Waals surface area (Å²) in [6, 6.07) is 11.0. The number of methoxy groups -OCH3 is 1. The van der Waals surface area contributed by atoms with Crippen LogP contribution in [-0.2, 0) is 26.2 Å². The number of nitrogens with zero attached hydrogens (tertiary/aromatic N) is 2. The van der Waals surface area contributed by atoms with Gasteiger partial charge in [0.15, 0.2) is 0 Å². The molecule has 38 heavy (non-hydrogen) atoms. The highest BCUT2D eigenvalue weighted by Crippen LogP contribution is 2.28. The van der Waals surface area contributed by atoms with Crippen LogP contribution in [0, 0.1) is 0 Å². The fourth-order valence-corrected chi connectivity index (χ4v) is 5.46. The average molecular weight is 587 g/mol. The van der Waals surface area contributed by atoms with Gasteiger partial charge in [0.1, 0.15) is 11.8 Å². The van der Waals surface area contributed by atoms with Gasteiger partial charge in [0.25, 0.3) is 0 Å². The molecule has 0 aliphatic rings. The second-order valence-corrected chi connectivity index (χ2v) is 12.7. The number of anilines is 1. The van der Waals surface area contributed by atoms with Crippen molar-refractivity contribution in [2.75, 3.05) is 24.2 Å². The van der Waals surface area contributed by atoms with E-state index in [4.69, 9.17) is 27.9 Å². The lowest BCUT2D eigenvalue weighted by atomic mass is 10.0. The number of hydrogen-bond donors (Lipinski definition) is 1. The third kappa shape index (κ3) is 9.06. The van der Waals surface area contributed by atoms with Crippen molar-refractivity contribution < 1.29 is 22.7 Å². The van der Waals surface area contributed by atoms with Crippen molar-refractivity contribution in [1.82, 2.24) is 10.2 Å². The van der Waals surface area contributed by atoms with Gasteiger partial charge in [0.2, 0.25) is 21.8 Å². The first-order chi connectivity index (χ1) is 17.7. The summed E-state index contributed by atoms with van der Waals surface area (Å²) >= 11 is 12.8. The molecule has 0 aliphatic carbocycles. The lowest BCUT2D eigenvalue weighted by Crippen LogP contribution is -2.53. The zero-order chi connectivity index (χ0) is 28.7. The second kappa shape index (κ2) is 13.5. The Bertz CT molecular complexity index is 1190. The molecule has 0 saturated heterocycles. The van der Waals surface area contributed by atoms with Crippen LogP contribution < -0.4 is 14.4 Å². The van der Waals surface area contributed by atoms with Crippen molar-refractivity contribution in [2.24, 2.45) is 0 Å². The van der Waals surface area contributed by atoms with Gasteiger partial charge in [-0.3, -0.25) is 13.9 Å². The molecule has 0 radical (unpaired) electrons. The fourth-order valence-electron chi connectivity index (χ4n) is 3.98. The zero-order valence-electron chi connectivity index (χ0n) is 22.8. The summed E-state index contributed by atoms with van der Waals surface area (Å²) in [4.78, 5) is 28.2. The minimum atomic E-state index is -3.60. The van der Waals surface area contributed by atoms with Gasteiger partial charge in [-0.05, 0) is 70.0 Å². The number of carbonyl (C=O) groups is 2. The van der Waals surface area contributed by atoms with Crippen LogP contribution in [0.25, 0.3) is 0 Å². The molecule has 1 N–H and O–H groups in total. The number of hydrogen-bond acceptors (Lipinski definition) is 5. The number of carbonyl (C=O) groups excluding carboxylic acids is 2. The maximum absolute atomic E-state index is 13.6. The maximum Gasteiger partial charge on any atom is 0.243 e. The molecule has 0 saturated carbocycles. The van der Waals surface area contributed by atoms with Crippen LogP contribution in [0.4, 0.5) is 5.69 Å². The third-order valence-corrected chi connectivity index (χ3v) is 7.69. The molecule has 210 valence electrons. The van der Waals surface area contributed by atoms with Crippen LogP contribution in [-0.4, -0.2) is 56.6 Å². The van der Waals surface area contributed by atoms with E-state index in [-0.39, 0.29) is 37.7 Å². The Morgan fingerprint density at radius 2 is 1.63 bits per heavy atom. The van der Waals surface area contributed by atoms with Crippen molar-refractivity contribution in [1.29, 1.82) is 0 Å². The van der Waals surface area contributed by atoms with E-state index in [1.165, 1.54) is 16.3 Å². The zero-order valence-corrected chi connectivity index (χ0v) is 25.1. The third-order valence-electron chi connectivity index (χ3n) is 5.79. The van der Waals surface area contributed by atoms with E-state index in [0.717, 1.165) is 6.26 Å². The molecule has 2 amide bonds. The summed E-state index contributed by atoms with van der Waals surface area (Å²) in [6.45, 7) is 7.57. The predicted molar refractivity (Wildman–Crippen MR) is 153 cm³/mol. The van der Waals surface area contributed by atoms with E-state index in [2.05, 4.69) is 5.32 Å².